The van der Waals surface area contributed by atoms with E-state index in [0.29, 0.717) is 60.6 Å². The highest BCUT2D eigenvalue weighted by atomic mass is 127. The molecule has 0 saturated carbocycles. The number of ether oxygens (including phenoxy) is 4. The molecule has 0 aliphatic carbocycles. The number of methoxy groups -OCH3 is 1. The van der Waals surface area contributed by atoms with Gasteiger partial charge in [0.1, 0.15) is 18.0 Å². The van der Waals surface area contributed by atoms with Crippen molar-refractivity contribution in [3.63, 3.8) is 0 Å². The van der Waals surface area contributed by atoms with Gasteiger partial charge in [0.25, 0.3) is 11.8 Å². The Balaban J connectivity index is 0.000000171. The summed E-state index contributed by atoms with van der Waals surface area (Å²) in [4.78, 5) is 31.8. The van der Waals surface area contributed by atoms with E-state index in [4.69, 9.17) is 53.8 Å². The molecule has 0 aromatic heterocycles. The minimum Gasteiger partial charge on any atom is -0.496 e. The van der Waals surface area contributed by atoms with Crippen LogP contribution in [-0.2, 0) is 36.9 Å². The fourth-order valence-corrected chi connectivity index (χ4v) is 9.69. The van der Waals surface area contributed by atoms with Gasteiger partial charge in [0, 0.05) is 54.3 Å². The molecule has 3 aliphatic heterocycles. The van der Waals surface area contributed by atoms with Crippen molar-refractivity contribution in [1.82, 2.24) is 15.1 Å². The second kappa shape index (κ2) is 29.5. The van der Waals surface area contributed by atoms with Crippen molar-refractivity contribution in [3.05, 3.63) is 201 Å². The number of carbonyl (C=O) groups is 2. The summed E-state index contributed by atoms with van der Waals surface area (Å²) < 4.78 is 22.6. The Morgan fingerprint density at radius 1 is 0.606 bits per heavy atom. The van der Waals surface area contributed by atoms with Gasteiger partial charge in [0.05, 0.1) is 43.2 Å². The van der Waals surface area contributed by atoms with E-state index < -0.39 is 24.4 Å². The van der Waals surface area contributed by atoms with E-state index in [2.05, 4.69) is 46.1 Å². The Morgan fingerprint density at radius 2 is 1.03 bits per heavy atom. The van der Waals surface area contributed by atoms with E-state index in [1.807, 2.05) is 95.9 Å². The normalized spacial score (nSPS) is 19.1. The van der Waals surface area contributed by atoms with Gasteiger partial charge in [-0.15, -0.1) is 11.8 Å². The van der Waals surface area contributed by atoms with Crippen molar-refractivity contribution < 1.29 is 38.7 Å². The van der Waals surface area contributed by atoms with Gasteiger partial charge < -0.3 is 44.3 Å². The maximum absolute atomic E-state index is 12.6. The van der Waals surface area contributed by atoms with Crippen molar-refractivity contribution in [2.75, 3.05) is 58.0 Å². The molecule has 3 fully saturated rings. The number of hydrogen-bond donors (Lipinski definition) is 3. The highest BCUT2D eigenvalue weighted by molar-refractivity contribution is 14.1. The first-order valence-corrected chi connectivity index (χ1v) is 27.3. The number of alkyl halides is 1. The maximum atomic E-state index is 12.6. The molecule has 376 valence electrons. The number of nitrogens with one attached hydrogen (secondary N) is 1. The Morgan fingerprint density at radius 3 is 1.45 bits per heavy atom. The smallest absolute Gasteiger partial charge is 0.255 e. The lowest BCUT2D eigenvalue weighted by Gasteiger charge is -2.34. The summed E-state index contributed by atoms with van der Waals surface area (Å²) in [5.74, 6) is 0.505. The number of carbonyl (C=O) groups excluding carboxylic acids is 2. The monoisotopic (exact) mass is 1150 g/mol. The second-order valence-electron chi connectivity index (χ2n) is 16.4. The Bertz CT molecular complexity index is 2400. The van der Waals surface area contributed by atoms with Gasteiger partial charge in [-0.1, -0.05) is 167 Å². The zero-order valence-electron chi connectivity index (χ0n) is 39.5. The van der Waals surface area contributed by atoms with Gasteiger partial charge >= 0.3 is 0 Å². The summed E-state index contributed by atoms with van der Waals surface area (Å²) in [5.41, 5.74) is 4.56. The average molecular weight is 1160 g/mol. The lowest BCUT2D eigenvalue weighted by atomic mass is 10.0. The van der Waals surface area contributed by atoms with Crippen LogP contribution in [0.15, 0.2) is 163 Å². The van der Waals surface area contributed by atoms with Crippen LogP contribution < -0.4 is 10.1 Å². The van der Waals surface area contributed by atoms with Crippen LogP contribution in [0.1, 0.15) is 45.3 Å². The van der Waals surface area contributed by atoms with Crippen molar-refractivity contribution >= 4 is 81.0 Å². The van der Waals surface area contributed by atoms with Crippen LogP contribution >= 0.6 is 69.2 Å². The Hall–Kier alpha value is -4.23. The van der Waals surface area contributed by atoms with Crippen molar-refractivity contribution in [3.8, 4) is 5.75 Å². The molecule has 6 aromatic rings. The topological polar surface area (TPSA) is 130 Å². The summed E-state index contributed by atoms with van der Waals surface area (Å²) in [6.45, 7) is 5.40. The molecular weight excluding hydrogens is 1100 g/mol. The van der Waals surface area contributed by atoms with E-state index in [0.717, 1.165) is 46.5 Å². The summed E-state index contributed by atoms with van der Waals surface area (Å²) in [6.07, 6.45) is -3.65. The number of thioether (sulfide) groups is 1. The minimum absolute atomic E-state index is 0.111. The number of benzene rings is 6. The highest BCUT2D eigenvalue weighted by Crippen LogP contribution is 2.43. The van der Waals surface area contributed by atoms with Crippen LogP contribution in [0.3, 0.4) is 0 Å². The number of rotatable bonds is 13. The van der Waals surface area contributed by atoms with E-state index in [1.165, 1.54) is 5.56 Å². The maximum Gasteiger partial charge on any atom is 0.255 e. The van der Waals surface area contributed by atoms with Crippen LogP contribution in [-0.4, -0.2) is 108 Å². The first kappa shape index (κ1) is 56.1. The molecule has 3 heterocycles. The fourth-order valence-electron chi connectivity index (χ4n) is 7.99. The van der Waals surface area contributed by atoms with Crippen LogP contribution in [0.4, 0.5) is 0 Å². The largest absolute Gasteiger partial charge is 0.496 e. The molecule has 9 rings (SSSR count). The van der Waals surface area contributed by atoms with Crippen molar-refractivity contribution in [1.29, 1.82) is 0 Å². The third-order valence-corrected chi connectivity index (χ3v) is 13.8. The minimum atomic E-state index is -1.00. The predicted octanol–water partition coefficient (Wildman–Crippen LogP) is 10.8. The van der Waals surface area contributed by atoms with E-state index in [1.54, 1.807) is 77.2 Å². The molecule has 16 heteroatoms. The fraction of sp³-hybridized carbons (Fsp3) is 0.309. The zero-order chi connectivity index (χ0) is 50.5. The molecule has 3 N–H and O–H groups in total. The molecule has 6 aromatic carbocycles. The van der Waals surface area contributed by atoms with Crippen molar-refractivity contribution in [2.24, 2.45) is 0 Å². The average Bonchev–Trinajstić information content (AvgIpc) is 3.41. The summed E-state index contributed by atoms with van der Waals surface area (Å²) in [6, 6.07) is 49.3. The van der Waals surface area contributed by atoms with Gasteiger partial charge in [0.15, 0.2) is 12.2 Å². The standard InChI is InChI=1S/2C18H18ClNO3.C18H20ClNO2S.CH3I/c2*19-15-8-6-14(7-9-15)16(21)17-18(22)20(10-11-23-17)12-13-4-2-1-3-5-13;1-21-15-4-2-3-5-17(15)23-18(16-12-20-10-11-22-16)13-6-8-14(19)9-7-13;1-2/h2*1-9,16-17,21H,10-12H2;2-9,16,18,20H,10-12H2,1H3;1H3/t2*16-,17+;16-,18-;/m101./s1. The van der Waals surface area contributed by atoms with Crippen LogP contribution in [0.2, 0.25) is 15.1 Å². The number of aliphatic hydroxyl groups is 2. The van der Waals surface area contributed by atoms with Gasteiger partial charge in [-0.25, -0.2) is 0 Å². The molecule has 0 radical (unpaired) electrons. The third-order valence-electron chi connectivity index (χ3n) is 11.7. The number of morpholine rings is 3. The first-order valence-electron chi connectivity index (χ1n) is 23.1. The number of amides is 2. The second-order valence-corrected chi connectivity index (χ2v) is 18.9. The molecule has 0 unspecified atom stereocenters. The lowest BCUT2D eigenvalue weighted by Crippen LogP contribution is -2.49. The number of nitrogens with zero attached hydrogens (tertiary/aromatic N) is 2. The van der Waals surface area contributed by atoms with Crippen LogP contribution in [0.5, 0.6) is 5.75 Å². The predicted molar refractivity (Wildman–Crippen MR) is 292 cm³/mol. The molecule has 0 spiro atoms. The quantitative estimate of drug-likeness (QED) is 0.0584. The molecule has 11 nitrogen and oxygen atoms in total. The first-order chi connectivity index (χ1) is 34.6. The van der Waals surface area contributed by atoms with Crippen LogP contribution in [0, 0.1) is 0 Å². The zero-order valence-corrected chi connectivity index (χ0v) is 44.7. The van der Waals surface area contributed by atoms with E-state index in [9.17, 15) is 19.8 Å². The summed E-state index contributed by atoms with van der Waals surface area (Å²) >= 11 is 21.7. The Labute approximate surface area is 449 Å². The molecule has 2 amide bonds. The summed E-state index contributed by atoms with van der Waals surface area (Å²) in [7, 11) is 1.70. The molecular formula is C55H59Cl3IN3O8S. The third kappa shape index (κ3) is 16.6. The number of para-hydroxylation sites is 1. The van der Waals surface area contributed by atoms with Gasteiger partial charge in [-0.3, -0.25) is 9.59 Å². The molecule has 6 atom stereocenters. The van der Waals surface area contributed by atoms with Gasteiger partial charge in [0.2, 0.25) is 0 Å². The lowest BCUT2D eigenvalue weighted by molar-refractivity contribution is -0.164. The molecule has 0 bridgehead atoms. The van der Waals surface area contributed by atoms with Gasteiger partial charge in [-0.05, 0) is 81.3 Å². The molecule has 71 heavy (non-hydrogen) atoms. The molecule has 3 aliphatic rings. The highest BCUT2D eigenvalue weighted by Gasteiger charge is 2.37. The number of halogens is 4. The Kier molecular flexibility index (Phi) is 23.3. The van der Waals surface area contributed by atoms with Crippen molar-refractivity contribution in [2.45, 2.75) is 53.8 Å². The van der Waals surface area contributed by atoms with Gasteiger partial charge in [-0.2, -0.15) is 0 Å². The number of aliphatic hydroxyl groups excluding tert-OH is 2. The summed E-state index contributed by atoms with van der Waals surface area (Å²) in [5, 5.41) is 26.5. The van der Waals surface area contributed by atoms with E-state index >= 15 is 0 Å². The SMILES string of the molecule is CI.COc1ccccc1S[C@H](c1ccc(Cl)cc1)[C@H]1CNCCO1.O=C1[C@@H]([C@@H](O)c2ccc(Cl)cc2)OCCN1Cc1ccccc1.O=C1[C@H]([C@H](O)c2ccc(Cl)cc2)OCCN1Cc1ccccc1. The van der Waals surface area contributed by atoms with Crippen LogP contribution in [0.25, 0.3) is 0 Å². The molecule has 3 saturated heterocycles. The number of hydrogen-bond acceptors (Lipinski definition) is 10. The van der Waals surface area contributed by atoms with E-state index in [-0.39, 0.29) is 23.2 Å².